The van der Waals surface area contributed by atoms with Gasteiger partial charge < -0.3 is 15.2 Å². The summed E-state index contributed by atoms with van der Waals surface area (Å²) in [6, 6.07) is 0. The molecule has 1 amide bonds. The standard InChI is InChI=1S/C12H21NO4/c1-8(2)12(11(15)16)7-9(12)10(14)13-5-4-6-17-3/h8-9H,4-7H2,1-3H3,(H,13,14)(H,15,16). The van der Waals surface area contributed by atoms with Gasteiger partial charge in [-0.2, -0.15) is 0 Å². The molecule has 2 unspecified atom stereocenters. The highest BCUT2D eigenvalue weighted by Gasteiger charge is 2.65. The first kappa shape index (κ1) is 14.0. The number of aliphatic carboxylic acids is 1. The van der Waals surface area contributed by atoms with Crippen LogP contribution in [0, 0.1) is 17.3 Å². The quantitative estimate of drug-likeness (QED) is 0.651. The van der Waals surface area contributed by atoms with E-state index < -0.39 is 11.4 Å². The predicted octanol–water partition coefficient (Wildman–Crippen LogP) is 0.886. The van der Waals surface area contributed by atoms with Gasteiger partial charge in [0.25, 0.3) is 0 Å². The monoisotopic (exact) mass is 243 g/mol. The lowest BCUT2D eigenvalue weighted by atomic mass is 9.89. The Labute approximate surface area is 102 Å². The molecule has 1 saturated carbocycles. The second-order valence-corrected chi connectivity index (χ2v) is 4.89. The SMILES string of the molecule is COCCCNC(=O)C1CC1(C(=O)O)C(C)C. The van der Waals surface area contributed by atoms with E-state index in [0.29, 0.717) is 19.6 Å². The third-order valence-electron chi connectivity index (χ3n) is 3.57. The van der Waals surface area contributed by atoms with Crippen molar-refractivity contribution in [1.82, 2.24) is 5.32 Å². The van der Waals surface area contributed by atoms with Gasteiger partial charge in [0.15, 0.2) is 0 Å². The van der Waals surface area contributed by atoms with Crippen molar-refractivity contribution >= 4 is 11.9 Å². The van der Waals surface area contributed by atoms with Gasteiger partial charge in [-0.3, -0.25) is 9.59 Å². The number of carbonyl (C=O) groups is 2. The number of carboxylic acids is 1. The Bertz CT molecular complexity index is 303. The highest BCUT2D eigenvalue weighted by molar-refractivity contribution is 5.92. The minimum Gasteiger partial charge on any atom is -0.481 e. The summed E-state index contributed by atoms with van der Waals surface area (Å²) in [6.45, 7) is 4.84. The fraction of sp³-hybridized carbons (Fsp3) is 0.833. The summed E-state index contributed by atoms with van der Waals surface area (Å²) in [5.74, 6) is -1.39. The number of hydrogen-bond donors (Lipinski definition) is 2. The van der Waals surface area contributed by atoms with E-state index in [2.05, 4.69) is 5.32 Å². The molecule has 0 bridgehead atoms. The van der Waals surface area contributed by atoms with Crippen molar-refractivity contribution in [2.24, 2.45) is 17.3 Å². The molecule has 0 aromatic rings. The molecule has 0 aliphatic heterocycles. The number of carbonyl (C=O) groups excluding carboxylic acids is 1. The highest BCUT2D eigenvalue weighted by Crippen LogP contribution is 2.58. The van der Waals surface area contributed by atoms with Gasteiger partial charge in [0.1, 0.15) is 0 Å². The molecule has 0 aromatic heterocycles. The van der Waals surface area contributed by atoms with Gasteiger partial charge in [0, 0.05) is 20.3 Å². The summed E-state index contributed by atoms with van der Waals surface area (Å²) in [7, 11) is 1.61. The highest BCUT2D eigenvalue weighted by atomic mass is 16.5. The van der Waals surface area contributed by atoms with Crippen LogP contribution >= 0.6 is 0 Å². The van der Waals surface area contributed by atoms with Gasteiger partial charge in [-0.05, 0) is 18.8 Å². The number of nitrogens with one attached hydrogen (secondary N) is 1. The minimum absolute atomic E-state index is 0.0188. The molecular weight excluding hydrogens is 222 g/mol. The van der Waals surface area contributed by atoms with Crippen LogP contribution in [0.2, 0.25) is 0 Å². The van der Waals surface area contributed by atoms with Crippen LogP contribution in [0.1, 0.15) is 26.7 Å². The number of amides is 1. The topological polar surface area (TPSA) is 75.6 Å². The number of methoxy groups -OCH3 is 1. The van der Waals surface area contributed by atoms with E-state index in [1.54, 1.807) is 7.11 Å². The van der Waals surface area contributed by atoms with E-state index in [1.165, 1.54) is 0 Å². The number of carboxylic acid groups (broad SMARTS) is 1. The van der Waals surface area contributed by atoms with Gasteiger partial charge in [0.2, 0.25) is 5.91 Å². The summed E-state index contributed by atoms with van der Waals surface area (Å²) in [4.78, 5) is 23.0. The van der Waals surface area contributed by atoms with Gasteiger partial charge in [-0.1, -0.05) is 13.8 Å². The van der Waals surface area contributed by atoms with Crippen molar-refractivity contribution in [2.45, 2.75) is 26.7 Å². The zero-order valence-electron chi connectivity index (χ0n) is 10.7. The summed E-state index contributed by atoms with van der Waals surface area (Å²) in [6.07, 6.45) is 1.20. The fourth-order valence-corrected chi connectivity index (χ4v) is 2.28. The van der Waals surface area contributed by atoms with Crippen LogP contribution in [0.4, 0.5) is 0 Å². The molecule has 1 fully saturated rings. The maximum absolute atomic E-state index is 11.8. The molecule has 0 spiro atoms. The van der Waals surface area contributed by atoms with Crippen LogP contribution in [-0.4, -0.2) is 37.2 Å². The second kappa shape index (κ2) is 5.49. The molecule has 1 aliphatic rings. The van der Waals surface area contributed by atoms with Crippen LogP contribution in [0.5, 0.6) is 0 Å². The van der Waals surface area contributed by atoms with Crippen molar-refractivity contribution < 1.29 is 19.4 Å². The maximum atomic E-state index is 11.8. The molecule has 0 saturated heterocycles. The third kappa shape index (κ3) is 2.77. The molecule has 5 nitrogen and oxygen atoms in total. The van der Waals surface area contributed by atoms with Gasteiger partial charge in [0.05, 0.1) is 11.3 Å². The van der Waals surface area contributed by atoms with E-state index in [-0.39, 0.29) is 17.7 Å². The molecule has 1 rings (SSSR count). The zero-order valence-corrected chi connectivity index (χ0v) is 10.7. The normalized spacial score (nSPS) is 26.9. The molecule has 0 radical (unpaired) electrons. The molecule has 1 aliphatic carbocycles. The van der Waals surface area contributed by atoms with Gasteiger partial charge >= 0.3 is 5.97 Å². The third-order valence-corrected chi connectivity index (χ3v) is 3.57. The lowest BCUT2D eigenvalue weighted by Gasteiger charge is -2.16. The summed E-state index contributed by atoms with van der Waals surface area (Å²) in [5, 5.41) is 12.0. The Kier molecular flexibility index (Phi) is 4.51. The average Bonchev–Trinajstić information content (AvgIpc) is 3.00. The van der Waals surface area contributed by atoms with E-state index >= 15 is 0 Å². The van der Waals surface area contributed by atoms with E-state index in [9.17, 15) is 14.7 Å². The van der Waals surface area contributed by atoms with Crippen LogP contribution in [0.25, 0.3) is 0 Å². The Morgan fingerprint density at radius 2 is 2.18 bits per heavy atom. The molecular formula is C12H21NO4. The summed E-state index contributed by atoms with van der Waals surface area (Å²) < 4.78 is 4.87. The summed E-state index contributed by atoms with van der Waals surface area (Å²) in [5.41, 5.74) is -0.842. The maximum Gasteiger partial charge on any atom is 0.310 e. The Balaban J connectivity index is 2.43. The van der Waals surface area contributed by atoms with Gasteiger partial charge in [-0.25, -0.2) is 0 Å². The van der Waals surface area contributed by atoms with Crippen LogP contribution in [0.15, 0.2) is 0 Å². The molecule has 17 heavy (non-hydrogen) atoms. The van der Waals surface area contributed by atoms with Crippen molar-refractivity contribution in [3.63, 3.8) is 0 Å². The van der Waals surface area contributed by atoms with Crippen molar-refractivity contribution in [1.29, 1.82) is 0 Å². The Morgan fingerprint density at radius 1 is 1.53 bits per heavy atom. The largest absolute Gasteiger partial charge is 0.481 e. The Morgan fingerprint density at radius 3 is 2.59 bits per heavy atom. The Hall–Kier alpha value is -1.10. The molecule has 0 aromatic carbocycles. The first-order valence-corrected chi connectivity index (χ1v) is 5.96. The second-order valence-electron chi connectivity index (χ2n) is 4.89. The first-order valence-electron chi connectivity index (χ1n) is 5.96. The minimum atomic E-state index is -0.857. The number of hydrogen-bond acceptors (Lipinski definition) is 3. The van der Waals surface area contributed by atoms with E-state index in [0.717, 1.165) is 6.42 Å². The van der Waals surface area contributed by atoms with Gasteiger partial charge in [-0.15, -0.1) is 0 Å². The number of ether oxygens (including phenoxy) is 1. The molecule has 2 atom stereocenters. The van der Waals surface area contributed by atoms with E-state index in [1.807, 2.05) is 13.8 Å². The smallest absolute Gasteiger partial charge is 0.310 e. The van der Waals surface area contributed by atoms with Crippen LogP contribution in [0.3, 0.4) is 0 Å². The predicted molar refractivity (Wildman–Crippen MR) is 62.5 cm³/mol. The number of rotatable bonds is 7. The molecule has 2 N–H and O–H groups in total. The van der Waals surface area contributed by atoms with E-state index in [4.69, 9.17) is 4.74 Å². The summed E-state index contributed by atoms with van der Waals surface area (Å²) >= 11 is 0. The fourth-order valence-electron chi connectivity index (χ4n) is 2.28. The molecule has 0 heterocycles. The van der Waals surface area contributed by atoms with Crippen molar-refractivity contribution in [3.8, 4) is 0 Å². The average molecular weight is 243 g/mol. The van der Waals surface area contributed by atoms with Crippen molar-refractivity contribution in [3.05, 3.63) is 0 Å². The zero-order chi connectivity index (χ0) is 13.1. The van der Waals surface area contributed by atoms with Crippen molar-refractivity contribution in [2.75, 3.05) is 20.3 Å². The lowest BCUT2D eigenvalue weighted by Crippen LogP contribution is -2.33. The lowest BCUT2D eigenvalue weighted by molar-refractivity contribution is -0.147. The van der Waals surface area contributed by atoms with Crippen LogP contribution in [-0.2, 0) is 14.3 Å². The first-order chi connectivity index (χ1) is 7.96. The molecule has 5 heteroatoms. The van der Waals surface area contributed by atoms with Crippen LogP contribution < -0.4 is 5.32 Å². The molecule has 98 valence electrons.